The summed E-state index contributed by atoms with van der Waals surface area (Å²) in [7, 11) is 0. The molecule has 194 valence electrons. The fraction of sp³-hybridized carbons (Fsp3) is 0.448. The Morgan fingerprint density at radius 1 is 0.917 bits per heavy atom. The number of benzene rings is 2. The van der Waals surface area contributed by atoms with Crippen molar-refractivity contribution in [2.75, 3.05) is 13.2 Å². The van der Waals surface area contributed by atoms with Gasteiger partial charge in [-0.1, -0.05) is 64.0 Å². The highest BCUT2D eigenvalue weighted by Crippen LogP contribution is 2.31. The molecule has 3 rings (SSSR count). The van der Waals surface area contributed by atoms with Crippen LogP contribution in [0.1, 0.15) is 81.1 Å². The van der Waals surface area contributed by atoms with Crippen molar-refractivity contribution in [2.24, 2.45) is 0 Å². The molecule has 0 bridgehead atoms. The largest absolute Gasteiger partial charge is 0.490 e. The van der Waals surface area contributed by atoms with Crippen LogP contribution in [0.2, 0.25) is 0 Å². The lowest BCUT2D eigenvalue weighted by Gasteiger charge is -2.14. The summed E-state index contributed by atoms with van der Waals surface area (Å²) < 4.78 is 24.8. The molecule has 0 spiro atoms. The lowest BCUT2D eigenvalue weighted by atomic mass is 10.1. The average Bonchev–Trinajstić information content (AvgIpc) is 2.88. The fourth-order valence-corrected chi connectivity index (χ4v) is 4.08. The Kier molecular flexibility index (Phi) is 10.8. The summed E-state index contributed by atoms with van der Waals surface area (Å²) in [5.74, 6) is 0.219. The number of carbonyl (C=O) groups is 1. The number of hydrogen-bond donors (Lipinski definition) is 2. The molecule has 7 heteroatoms. The summed E-state index contributed by atoms with van der Waals surface area (Å²) in [5, 5.41) is 3.08. The minimum atomic E-state index is -0.502. The number of H-pyrrole nitrogens is 1. The minimum Gasteiger partial charge on any atom is -0.490 e. The van der Waals surface area contributed by atoms with E-state index >= 15 is 0 Å². The molecule has 0 aliphatic heterocycles. The first-order valence-electron chi connectivity index (χ1n) is 13.0. The molecule has 6 nitrogen and oxygen atoms in total. The van der Waals surface area contributed by atoms with Crippen molar-refractivity contribution in [3.63, 3.8) is 0 Å². The lowest BCUT2D eigenvalue weighted by molar-refractivity contribution is 0.0949. The summed E-state index contributed by atoms with van der Waals surface area (Å²) in [6.45, 7) is 5.31. The highest BCUT2D eigenvalue weighted by molar-refractivity contribution is 5.97. The number of hydrogen-bond acceptors (Lipinski definition) is 4. The topological polar surface area (TPSA) is 80.4 Å². The van der Waals surface area contributed by atoms with Gasteiger partial charge in [-0.05, 0) is 37.1 Å². The molecule has 2 N–H and O–H groups in total. The molecule has 0 aliphatic carbocycles. The third-order valence-electron chi connectivity index (χ3n) is 6.11. The van der Waals surface area contributed by atoms with Gasteiger partial charge in [0.15, 0.2) is 11.5 Å². The van der Waals surface area contributed by atoms with Crippen LogP contribution in [-0.4, -0.2) is 24.1 Å². The second-order valence-electron chi connectivity index (χ2n) is 8.94. The highest BCUT2D eigenvalue weighted by atomic mass is 19.1. The Hall–Kier alpha value is -3.35. The van der Waals surface area contributed by atoms with Crippen LogP contribution < -0.4 is 20.2 Å². The Balaban J connectivity index is 1.66. The summed E-state index contributed by atoms with van der Waals surface area (Å²) >= 11 is 0. The Labute approximate surface area is 212 Å². The van der Waals surface area contributed by atoms with E-state index in [0.29, 0.717) is 35.6 Å². The van der Waals surface area contributed by atoms with Crippen LogP contribution in [-0.2, 0) is 6.54 Å². The molecule has 1 amide bonds. The predicted octanol–water partition coefficient (Wildman–Crippen LogP) is 6.52. The molecule has 0 saturated carbocycles. The van der Waals surface area contributed by atoms with Crippen LogP contribution in [0.15, 0.2) is 47.4 Å². The van der Waals surface area contributed by atoms with E-state index in [1.54, 1.807) is 24.3 Å². The van der Waals surface area contributed by atoms with Crippen LogP contribution in [0.5, 0.6) is 11.5 Å². The second-order valence-corrected chi connectivity index (χ2v) is 8.94. The van der Waals surface area contributed by atoms with E-state index in [-0.39, 0.29) is 23.4 Å². The first-order valence-corrected chi connectivity index (χ1v) is 13.0. The third-order valence-corrected chi connectivity index (χ3v) is 6.11. The van der Waals surface area contributed by atoms with E-state index in [2.05, 4.69) is 17.2 Å². The van der Waals surface area contributed by atoms with Gasteiger partial charge in [0.1, 0.15) is 11.4 Å². The number of amides is 1. The van der Waals surface area contributed by atoms with Crippen molar-refractivity contribution in [3.05, 3.63) is 69.8 Å². The van der Waals surface area contributed by atoms with Gasteiger partial charge in [0.25, 0.3) is 5.91 Å². The number of fused-ring (bicyclic) bond motifs is 1. The third kappa shape index (κ3) is 7.83. The van der Waals surface area contributed by atoms with E-state index in [9.17, 15) is 14.0 Å². The van der Waals surface area contributed by atoms with Crippen molar-refractivity contribution in [1.29, 1.82) is 0 Å². The van der Waals surface area contributed by atoms with Crippen molar-refractivity contribution >= 4 is 16.8 Å². The summed E-state index contributed by atoms with van der Waals surface area (Å²) in [5.41, 5.74) is 0.918. The fourth-order valence-electron chi connectivity index (χ4n) is 4.08. The van der Waals surface area contributed by atoms with Gasteiger partial charge in [0.2, 0.25) is 5.43 Å². The molecular weight excluding hydrogens is 459 g/mol. The summed E-state index contributed by atoms with van der Waals surface area (Å²) in [6, 6.07) is 9.23. The van der Waals surface area contributed by atoms with Crippen LogP contribution in [0, 0.1) is 5.82 Å². The zero-order chi connectivity index (χ0) is 25.8. The summed E-state index contributed by atoms with van der Waals surface area (Å²) in [6.07, 6.45) is 11.0. The number of carbonyl (C=O) groups excluding carboxylic acids is 1. The molecule has 3 aromatic rings. The molecule has 0 saturated heterocycles. The molecule has 0 fully saturated rings. The number of aromatic nitrogens is 1. The smallest absolute Gasteiger partial charge is 0.257 e. The molecule has 1 heterocycles. The van der Waals surface area contributed by atoms with Gasteiger partial charge in [-0.15, -0.1) is 0 Å². The molecule has 0 radical (unpaired) electrons. The normalized spacial score (nSPS) is 11.0. The number of halogens is 1. The van der Waals surface area contributed by atoms with Crippen LogP contribution in [0.4, 0.5) is 4.39 Å². The van der Waals surface area contributed by atoms with E-state index in [1.165, 1.54) is 56.9 Å². The first-order chi connectivity index (χ1) is 17.5. The molecular formula is C29H37FN2O4. The van der Waals surface area contributed by atoms with E-state index < -0.39 is 5.91 Å². The van der Waals surface area contributed by atoms with Crippen molar-refractivity contribution in [1.82, 2.24) is 10.3 Å². The first kappa shape index (κ1) is 27.2. The Morgan fingerprint density at radius 2 is 1.58 bits per heavy atom. The molecule has 0 atom stereocenters. The maximum atomic E-state index is 13.1. The van der Waals surface area contributed by atoms with Gasteiger partial charge in [-0.3, -0.25) is 9.59 Å². The quantitative estimate of drug-likeness (QED) is 0.235. The molecule has 0 aliphatic rings. The van der Waals surface area contributed by atoms with Crippen molar-refractivity contribution in [2.45, 2.75) is 71.8 Å². The van der Waals surface area contributed by atoms with Gasteiger partial charge < -0.3 is 19.8 Å². The van der Waals surface area contributed by atoms with Crippen LogP contribution >= 0.6 is 0 Å². The van der Waals surface area contributed by atoms with Gasteiger partial charge in [0, 0.05) is 18.8 Å². The molecule has 36 heavy (non-hydrogen) atoms. The number of nitrogens with one attached hydrogen (secondary N) is 2. The van der Waals surface area contributed by atoms with Crippen LogP contribution in [0.25, 0.3) is 10.9 Å². The Morgan fingerprint density at radius 3 is 2.28 bits per heavy atom. The van der Waals surface area contributed by atoms with Gasteiger partial charge in [0.05, 0.1) is 24.1 Å². The molecule has 0 unspecified atom stereocenters. The zero-order valence-corrected chi connectivity index (χ0v) is 21.3. The molecule has 1 aromatic heterocycles. The number of pyridine rings is 1. The summed E-state index contributed by atoms with van der Waals surface area (Å²) in [4.78, 5) is 28.9. The maximum absolute atomic E-state index is 13.1. The number of aromatic amines is 1. The number of unbranched alkanes of at least 4 members (excludes halogenated alkanes) is 7. The average molecular weight is 497 g/mol. The van der Waals surface area contributed by atoms with E-state index in [4.69, 9.17) is 9.47 Å². The lowest BCUT2D eigenvalue weighted by Crippen LogP contribution is -2.28. The van der Waals surface area contributed by atoms with Crippen molar-refractivity contribution in [3.8, 4) is 11.5 Å². The van der Waals surface area contributed by atoms with Gasteiger partial charge >= 0.3 is 0 Å². The highest BCUT2D eigenvalue weighted by Gasteiger charge is 2.16. The zero-order valence-electron chi connectivity index (χ0n) is 21.3. The predicted molar refractivity (Wildman–Crippen MR) is 141 cm³/mol. The monoisotopic (exact) mass is 496 g/mol. The van der Waals surface area contributed by atoms with Crippen molar-refractivity contribution < 1.29 is 18.7 Å². The number of ether oxygens (including phenoxy) is 2. The Bertz CT molecular complexity index is 1170. The van der Waals surface area contributed by atoms with Gasteiger partial charge in [-0.25, -0.2) is 4.39 Å². The van der Waals surface area contributed by atoms with E-state index in [0.717, 1.165) is 18.4 Å². The standard InChI is InChI=1S/C29H37FN2O4/c1-3-5-6-7-8-9-10-11-16-36-26-17-23-25(18-27(26)35-4-2)31-20-24(28(23)33)29(34)32-19-21-12-14-22(30)15-13-21/h12-15,17-18,20H,3-11,16,19H2,1-2H3,(H,31,33)(H,32,34). The number of rotatable bonds is 15. The minimum absolute atomic E-state index is 0.00259. The SMILES string of the molecule is CCCCCCCCCCOc1cc2c(=O)c(C(=O)NCc3ccc(F)cc3)c[nH]c2cc1OCC. The second kappa shape index (κ2) is 14.3. The van der Waals surface area contributed by atoms with Crippen LogP contribution in [0.3, 0.4) is 0 Å². The molecule has 2 aromatic carbocycles. The van der Waals surface area contributed by atoms with Gasteiger partial charge in [-0.2, -0.15) is 0 Å². The maximum Gasteiger partial charge on any atom is 0.257 e. The van der Waals surface area contributed by atoms with E-state index in [1.807, 2.05) is 6.92 Å².